The van der Waals surface area contributed by atoms with E-state index in [2.05, 4.69) is 60.0 Å². The molecule has 0 aliphatic carbocycles. The number of carbonyl (C=O) groups excluding carboxylic acids is 1. The molecule has 2 N–H and O–H groups in total. The molecule has 30 heavy (non-hydrogen) atoms. The van der Waals surface area contributed by atoms with Crippen molar-refractivity contribution in [2.75, 3.05) is 20.1 Å². The first kappa shape index (κ1) is 22.5. The van der Waals surface area contributed by atoms with E-state index in [0.29, 0.717) is 5.56 Å². The Morgan fingerprint density at radius 2 is 1.80 bits per heavy atom. The summed E-state index contributed by atoms with van der Waals surface area (Å²) in [6.07, 6.45) is 1.00. The molecule has 6 nitrogen and oxygen atoms in total. The number of sulfonamides is 1. The maximum absolute atomic E-state index is 13.0. The second kappa shape index (κ2) is 8.88. The second-order valence-corrected chi connectivity index (χ2v) is 10.8. The summed E-state index contributed by atoms with van der Waals surface area (Å²) in [6, 6.07) is 14.5. The molecule has 0 aromatic heterocycles. The van der Waals surface area contributed by atoms with Crippen LogP contribution in [0.2, 0.25) is 0 Å². The van der Waals surface area contributed by atoms with E-state index in [4.69, 9.17) is 0 Å². The highest BCUT2D eigenvalue weighted by atomic mass is 32.2. The van der Waals surface area contributed by atoms with Gasteiger partial charge in [0.1, 0.15) is 0 Å². The average Bonchev–Trinajstić information content (AvgIpc) is 2.72. The van der Waals surface area contributed by atoms with Crippen LogP contribution in [0.3, 0.4) is 0 Å². The van der Waals surface area contributed by atoms with Gasteiger partial charge in [-0.05, 0) is 48.2 Å². The quantitative estimate of drug-likeness (QED) is 0.740. The van der Waals surface area contributed by atoms with E-state index in [-0.39, 0.29) is 22.3 Å². The van der Waals surface area contributed by atoms with Crippen molar-refractivity contribution in [2.24, 2.45) is 5.41 Å². The number of hydrogen-bond donors (Lipinski definition) is 2. The Morgan fingerprint density at radius 3 is 2.47 bits per heavy atom. The third-order valence-electron chi connectivity index (χ3n) is 5.68. The molecule has 162 valence electrons. The Morgan fingerprint density at radius 1 is 1.10 bits per heavy atom. The molecule has 3 rings (SSSR count). The molecule has 2 aromatic carbocycles. The molecule has 0 fully saturated rings. The lowest BCUT2D eigenvalue weighted by Crippen LogP contribution is -2.51. The molecule has 0 saturated heterocycles. The zero-order chi connectivity index (χ0) is 21.9. The number of benzene rings is 2. The van der Waals surface area contributed by atoms with Crippen molar-refractivity contribution in [1.82, 2.24) is 14.9 Å². The molecule has 1 unspecified atom stereocenters. The van der Waals surface area contributed by atoms with Crippen molar-refractivity contribution in [3.8, 4) is 0 Å². The first-order valence-corrected chi connectivity index (χ1v) is 11.7. The maximum atomic E-state index is 13.0. The van der Waals surface area contributed by atoms with Gasteiger partial charge in [0.25, 0.3) is 5.91 Å². The van der Waals surface area contributed by atoms with Crippen LogP contribution >= 0.6 is 0 Å². The summed E-state index contributed by atoms with van der Waals surface area (Å²) in [4.78, 5) is 15.4. The zero-order valence-electron chi connectivity index (χ0n) is 18.1. The molecular weight excluding hydrogens is 398 g/mol. The van der Waals surface area contributed by atoms with Crippen LogP contribution in [0.4, 0.5) is 0 Å². The lowest BCUT2D eigenvalue weighted by Gasteiger charge is -2.38. The first-order chi connectivity index (χ1) is 14.1. The third kappa shape index (κ3) is 5.28. The van der Waals surface area contributed by atoms with Crippen LogP contribution in [-0.2, 0) is 23.0 Å². The lowest BCUT2D eigenvalue weighted by atomic mass is 9.85. The zero-order valence-corrected chi connectivity index (χ0v) is 18.9. The molecule has 1 heterocycles. The molecule has 1 atom stereocenters. The van der Waals surface area contributed by atoms with Crippen molar-refractivity contribution in [3.05, 3.63) is 65.2 Å². The number of nitrogens with one attached hydrogen (secondary N) is 2. The molecule has 2 aromatic rings. The van der Waals surface area contributed by atoms with Gasteiger partial charge in [0.05, 0.1) is 4.90 Å². The van der Waals surface area contributed by atoms with Gasteiger partial charge in [-0.25, -0.2) is 13.1 Å². The minimum Gasteiger partial charge on any atom is -0.347 e. The topological polar surface area (TPSA) is 78.5 Å². The average molecular weight is 430 g/mol. The van der Waals surface area contributed by atoms with Crippen LogP contribution in [0, 0.1) is 5.41 Å². The van der Waals surface area contributed by atoms with Crippen LogP contribution < -0.4 is 10.0 Å². The highest BCUT2D eigenvalue weighted by Crippen LogP contribution is 2.24. The smallest absolute Gasteiger partial charge is 0.251 e. The molecule has 1 amide bonds. The monoisotopic (exact) mass is 429 g/mol. The lowest BCUT2D eigenvalue weighted by molar-refractivity contribution is 0.0862. The predicted molar refractivity (Wildman–Crippen MR) is 119 cm³/mol. The SMILES string of the molecule is CNS(=O)(=O)c1cccc(C(=O)NC(CN2CCc3ccccc3C2)C(C)(C)C)c1. The Kier molecular flexibility index (Phi) is 6.65. The Balaban J connectivity index is 1.75. The van der Waals surface area contributed by atoms with Gasteiger partial charge in [-0.2, -0.15) is 0 Å². The van der Waals surface area contributed by atoms with E-state index in [1.807, 2.05) is 0 Å². The van der Waals surface area contributed by atoms with Crippen molar-refractivity contribution in [1.29, 1.82) is 0 Å². The van der Waals surface area contributed by atoms with Crippen LogP contribution in [0.15, 0.2) is 53.4 Å². The van der Waals surface area contributed by atoms with Gasteiger partial charge >= 0.3 is 0 Å². The summed E-state index contributed by atoms with van der Waals surface area (Å²) >= 11 is 0. The van der Waals surface area contributed by atoms with Crippen LogP contribution in [-0.4, -0.2) is 45.4 Å². The van der Waals surface area contributed by atoms with Gasteiger partial charge in [-0.3, -0.25) is 9.69 Å². The Labute approximate surface area is 179 Å². The number of fused-ring (bicyclic) bond motifs is 1. The van der Waals surface area contributed by atoms with Gasteiger partial charge in [0.15, 0.2) is 0 Å². The number of carbonyl (C=O) groups is 1. The molecule has 0 spiro atoms. The summed E-state index contributed by atoms with van der Waals surface area (Å²) in [7, 11) is -2.24. The molecule has 1 aliphatic rings. The van der Waals surface area contributed by atoms with Crippen molar-refractivity contribution in [3.63, 3.8) is 0 Å². The van der Waals surface area contributed by atoms with Gasteiger partial charge in [-0.1, -0.05) is 51.1 Å². The van der Waals surface area contributed by atoms with Gasteiger partial charge in [0.2, 0.25) is 10.0 Å². The van der Waals surface area contributed by atoms with E-state index in [1.165, 1.54) is 30.3 Å². The first-order valence-electron chi connectivity index (χ1n) is 10.2. The number of amides is 1. The third-order valence-corrected chi connectivity index (χ3v) is 7.09. The van der Waals surface area contributed by atoms with Crippen LogP contribution in [0.1, 0.15) is 42.3 Å². The van der Waals surface area contributed by atoms with Crippen molar-refractivity contribution < 1.29 is 13.2 Å². The fraction of sp³-hybridized carbons (Fsp3) is 0.435. The van der Waals surface area contributed by atoms with Gasteiger partial charge in [-0.15, -0.1) is 0 Å². The second-order valence-electron chi connectivity index (χ2n) is 8.88. The molecule has 0 radical (unpaired) electrons. The Bertz CT molecular complexity index is 1010. The predicted octanol–water partition coefficient (Wildman–Crippen LogP) is 2.80. The Hall–Kier alpha value is -2.22. The minimum absolute atomic E-state index is 0.0811. The van der Waals surface area contributed by atoms with Gasteiger partial charge in [0, 0.05) is 31.2 Å². The number of hydrogen-bond acceptors (Lipinski definition) is 4. The van der Waals surface area contributed by atoms with Crippen molar-refractivity contribution >= 4 is 15.9 Å². The minimum atomic E-state index is -3.60. The van der Waals surface area contributed by atoms with Gasteiger partial charge < -0.3 is 5.32 Å². The fourth-order valence-corrected chi connectivity index (χ4v) is 4.44. The van der Waals surface area contributed by atoms with E-state index in [9.17, 15) is 13.2 Å². The number of nitrogens with zero attached hydrogens (tertiary/aromatic N) is 1. The molecular formula is C23H31N3O3S. The summed E-state index contributed by atoms with van der Waals surface area (Å²) in [5, 5.41) is 3.15. The maximum Gasteiger partial charge on any atom is 0.251 e. The summed E-state index contributed by atoms with van der Waals surface area (Å²) in [5.74, 6) is -0.263. The highest BCUT2D eigenvalue weighted by Gasteiger charge is 2.30. The van der Waals surface area contributed by atoms with Crippen LogP contribution in [0.25, 0.3) is 0 Å². The summed E-state index contributed by atoms with van der Waals surface area (Å²) in [6.45, 7) is 8.88. The molecule has 0 bridgehead atoms. The van der Waals surface area contributed by atoms with Crippen LogP contribution in [0.5, 0.6) is 0 Å². The highest BCUT2D eigenvalue weighted by molar-refractivity contribution is 7.89. The van der Waals surface area contributed by atoms with E-state index < -0.39 is 10.0 Å². The van der Waals surface area contributed by atoms with E-state index in [0.717, 1.165) is 26.1 Å². The van der Waals surface area contributed by atoms with E-state index in [1.54, 1.807) is 12.1 Å². The summed E-state index contributed by atoms with van der Waals surface area (Å²) in [5.41, 5.74) is 2.92. The largest absolute Gasteiger partial charge is 0.347 e. The van der Waals surface area contributed by atoms with Crippen molar-refractivity contribution in [2.45, 2.75) is 44.7 Å². The fourth-order valence-electron chi connectivity index (χ4n) is 3.67. The van der Waals surface area contributed by atoms with E-state index >= 15 is 0 Å². The standard InChI is InChI=1S/C23H31N3O3S/c1-23(2,3)21(16-26-13-12-17-8-5-6-9-19(17)15-26)25-22(27)18-10-7-11-20(14-18)30(28,29)24-4/h5-11,14,21,24H,12-13,15-16H2,1-4H3,(H,25,27). The molecule has 7 heteroatoms. The number of rotatable bonds is 6. The summed E-state index contributed by atoms with van der Waals surface area (Å²) < 4.78 is 26.4. The molecule has 0 saturated carbocycles. The normalized spacial score (nSPS) is 16.0. The molecule has 1 aliphatic heterocycles.